The third kappa shape index (κ3) is 3.54. The van der Waals surface area contributed by atoms with Gasteiger partial charge in [0.05, 0.1) is 23.4 Å². The minimum Gasteiger partial charge on any atom is -0.364 e. The summed E-state index contributed by atoms with van der Waals surface area (Å²) in [4.78, 5) is 16.4. The Labute approximate surface area is 173 Å². The number of primary amides is 1. The van der Waals surface area contributed by atoms with Crippen LogP contribution in [0.15, 0.2) is 24.4 Å². The number of hydrogen-bond acceptors (Lipinski definition) is 8. The Morgan fingerprint density at radius 2 is 1.97 bits per heavy atom. The predicted molar refractivity (Wildman–Crippen MR) is 113 cm³/mol. The van der Waals surface area contributed by atoms with Gasteiger partial charge in [0.1, 0.15) is 0 Å². The first kappa shape index (κ1) is 18.7. The van der Waals surface area contributed by atoms with E-state index < -0.39 is 5.91 Å². The van der Waals surface area contributed by atoms with Gasteiger partial charge in [-0.15, -0.1) is 10.2 Å². The first-order chi connectivity index (χ1) is 14.6. The molecule has 5 rings (SSSR count). The van der Waals surface area contributed by atoms with Crippen LogP contribution < -0.4 is 22.1 Å². The summed E-state index contributed by atoms with van der Waals surface area (Å²) in [5.74, 6) is -0.110. The van der Waals surface area contributed by atoms with Gasteiger partial charge in [-0.3, -0.25) is 9.48 Å². The number of nitrogens with zero attached hydrogens (tertiary/aromatic N) is 5. The van der Waals surface area contributed by atoms with Crippen LogP contribution in [-0.2, 0) is 0 Å². The van der Waals surface area contributed by atoms with Crippen molar-refractivity contribution in [3.05, 3.63) is 30.1 Å². The number of carbonyl (C=O) groups is 1. The fraction of sp³-hybridized carbons (Fsp3) is 0.450. The standard InChI is InChI=1S/C20H25N9O/c21-13-4-1-2-5-15(13)25-20-26-19(17(18(22)30)27-28-20)24-14-6-3-7-16-12(14)10-23-29(16)11-8-9-11/h3,6-7,10-11,13,15H,1-2,4-5,8-9,21H2,(H2,22,30)(H2,24,25,26,28)/t13-,15+/m0/s1. The molecular formula is C20H25N9O. The number of carbonyl (C=O) groups excluding carboxylic acids is 1. The Kier molecular flexibility index (Phi) is 4.70. The van der Waals surface area contributed by atoms with E-state index in [2.05, 4.69) is 30.9 Å². The van der Waals surface area contributed by atoms with E-state index in [-0.39, 0.29) is 23.6 Å². The van der Waals surface area contributed by atoms with Crippen molar-refractivity contribution in [1.82, 2.24) is 25.0 Å². The summed E-state index contributed by atoms with van der Waals surface area (Å²) in [6.45, 7) is 0. The lowest BCUT2D eigenvalue weighted by molar-refractivity contribution is 0.0995. The normalized spacial score (nSPS) is 21.5. The van der Waals surface area contributed by atoms with E-state index in [0.29, 0.717) is 12.0 Å². The van der Waals surface area contributed by atoms with Crippen molar-refractivity contribution in [1.29, 1.82) is 0 Å². The molecule has 1 amide bonds. The molecule has 2 aromatic heterocycles. The van der Waals surface area contributed by atoms with Crippen LogP contribution in [0.5, 0.6) is 0 Å². The van der Waals surface area contributed by atoms with Crippen LogP contribution in [0.25, 0.3) is 10.9 Å². The van der Waals surface area contributed by atoms with E-state index in [0.717, 1.165) is 55.1 Å². The van der Waals surface area contributed by atoms with Crippen LogP contribution in [0.2, 0.25) is 0 Å². The maximum atomic E-state index is 11.9. The molecule has 0 unspecified atom stereocenters. The second-order valence-corrected chi connectivity index (χ2v) is 8.08. The zero-order valence-corrected chi connectivity index (χ0v) is 16.6. The minimum absolute atomic E-state index is 0.0138. The third-order valence-electron chi connectivity index (χ3n) is 5.84. The molecule has 1 aromatic carbocycles. The summed E-state index contributed by atoms with van der Waals surface area (Å²) in [5.41, 5.74) is 13.5. The Morgan fingerprint density at radius 3 is 2.73 bits per heavy atom. The molecule has 30 heavy (non-hydrogen) atoms. The number of nitrogens with one attached hydrogen (secondary N) is 2. The second-order valence-electron chi connectivity index (χ2n) is 8.08. The molecule has 10 heteroatoms. The Hall–Kier alpha value is -3.27. The van der Waals surface area contributed by atoms with Gasteiger partial charge in [0.2, 0.25) is 5.95 Å². The van der Waals surface area contributed by atoms with E-state index in [1.807, 2.05) is 29.1 Å². The van der Waals surface area contributed by atoms with Gasteiger partial charge in [-0.2, -0.15) is 10.1 Å². The third-order valence-corrected chi connectivity index (χ3v) is 5.84. The molecule has 0 aliphatic heterocycles. The lowest BCUT2D eigenvalue weighted by Gasteiger charge is -2.29. The van der Waals surface area contributed by atoms with Crippen molar-refractivity contribution in [2.24, 2.45) is 11.5 Å². The molecule has 0 spiro atoms. The zero-order chi connectivity index (χ0) is 20.7. The molecule has 2 aliphatic carbocycles. The van der Waals surface area contributed by atoms with Crippen LogP contribution in [0.3, 0.4) is 0 Å². The average molecular weight is 407 g/mol. The van der Waals surface area contributed by atoms with Crippen molar-refractivity contribution < 1.29 is 4.79 Å². The summed E-state index contributed by atoms with van der Waals surface area (Å²) in [6, 6.07) is 6.48. The van der Waals surface area contributed by atoms with E-state index in [4.69, 9.17) is 11.5 Å². The molecule has 6 N–H and O–H groups in total. The summed E-state index contributed by atoms with van der Waals surface area (Å²) >= 11 is 0. The largest absolute Gasteiger partial charge is 0.364 e. The molecule has 2 heterocycles. The maximum absolute atomic E-state index is 11.9. The summed E-state index contributed by atoms with van der Waals surface area (Å²) in [5, 5.41) is 20.0. The monoisotopic (exact) mass is 407 g/mol. The highest BCUT2D eigenvalue weighted by Crippen LogP contribution is 2.38. The molecule has 3 aromatic rings. The number of fused-ring (bicyclic) bond motifs is 1. The molecule has 2 fully saturated rings. The molecule has 10 nitrogen and oxygen atoms in total. The van der Waals surface area contributed by atoms with Gasteiger partial charge in [0, 0.05) is 17.5 Å². The van der Waals surface area contributed by atoms with Crippen LogP contribution >= 0.6 is 0 Å². The number of aromatic nitrogens is 5. The van der Waals surface area contributed by atoms with Gasteiger partial charge < -0.3 is 22.1 Å². The highest BCUT2D eigenvalue weighted by atomic mass is 16.1. The van der Waals surface area contributed by atoms with Gasteiger partial charge >= 0.3 is 0 Å². The molecule has 2 aliphatic rings. The summed E-state index contributed by atoms with van der Waals surface area (Å²) in [6.07, 6.45) is 8.27. The highest BCUT2D eigenvalue weighted by molar-refractivity contribution is 5.98. The number of anilines is 3. The summed E-state index contributed by atoms with van der Waals surface area (Å²) < 4.78 is 2.05. The number of amides is 1. The van der Waals surface area contributed by atoms with Crippen LogP contribution in [0.4, 0.5) is 17.5 Å². The first-order valence-corrected chi connectivity index (χ1v) is 10.4. The van der Waals surface area contributed by atoms with Crippen molar-refractivity contribution in [2.75, 3.05) is 10.6 Å². The van der Waals surface area contributed by atoms with Gasteiger partial charge in [-0.1, -0.05) is 18.9 Å². The van der Waals surface area contributed by atoms with Crippen LogP contribution in [-0.4, -0.2) is 43.0 Å². The van der Waals surface area contributed by atoms with Crippen molar-refractivity contribution in [3.63, 3.8) is 0 Å². The number of rotatable bonds is 6. The van der Waals surface area contributed by atoms with Gasteiger partial charge in [0.15, 0.2) is 11.5 Å². The van der Waals surface area contributed by atoms with E-state index in [1.165, 1.54) is 0 Å². The highest BCUT2D eigenvalue weighted by Gasteiger charge is 2.27. The SMILES string of the molecule is NC(=O)c1nnc(N[C@@H]2CCCC[C@@H]2N)nc1Nc1cccc2c1cnn2C1CC1. The van der Waals surface area contributed by atoms with E-state index in [1.54, 1.807) is 0 Å². The number of hydrogen-bond donors (Lipinski definition) is 4. The molecule has 156 valence electrons. The Balaban J connectivity index is 1.47. The van der Waals surface area contributed by atoms with Crippen molar-refractivity contribution in [3.8, 4) is 0 Å². The smallest absolute Gasteiger partial charge is 0.273 e. The van der Waals surface area contributed by atoms with Gasteiger partial charge in [-0.25, -0.2) is 0 Å². The number of nitrogens with two attached hydrogens (primary N) is 2. The molecular weight excluding hydrogens is 382 g/mol. The minimum atomic E-state index is -0.695. The fourth-order valence-corrected chi connectivity index (χ4v) is 4.06. The van der Waals surface area contributed by atoms with Gasteiger partial charge in [-0.05, 0) is 37.8 Å². The van der Waals surface area contributed by atoms with E-state index in [9.17, 15) is 4.79 Å². The molecule has 2 atom stereocenters. The second kappa shape index (κ2) is 7.52. The van der Waals surface area contributed by atoms with Gasteiger partial charge in [0.25, 0.3) is 5.91 Å². The maximum Gasteiger partial charge on any atom is 0.273 e. The molecule has 0 bridgehead atoms. The lowest BCUT2D eigenvalue weighted by Crippen LogP contribution is -2.43. The Bertz CT molecular complexity index is 1090. The lowest BCUT2D eigenvalue weighted by atomic mass is 9.91. The quantitative estimate of drug-likeness (QED) is 0.485. The molecule has 2 saturated carbocycles. The first-order valence-electron chi connectivity index (χ1n) is 10.4. The van der Waals surface area contributed by atoms with Crippen LogP contribution in [0, 0.1) is 0 Å². The van der Waals surface area contributed by atoms with Crippen molar-refractivity contribution in [2.45, 2.75) is 56.7 Å². The molecule has 0 saturated heterocycles. The van der Waals surface area contributed by atoms with E-state index >= 15 is 0 Å². The molecule has 0 radical (unpaired) electrons. The zero-order valence-electron chi connectivity index (χ0n) is 16.6. The average Bonchev–Trinajstić information content (AvgIpc) is 3.48. The topological polar surface area (TPSA) is 150 Å². The van der Waals surface area contributed by atoms with Crippen LogP contribution in [0.1, 0.15) is 55.1 Å². The summed E-state index contributed by atoms with van der Waals surface area (Å²) in [7, 11) is 0. The van der Waals surface area contributed by atoms with Crippen molar-refractivity contribution >= 4 is 34.3 Å². The Morgan fingerprint density at radius 1 is 1.13 bits per heavy atom. The number of benzene rings is 1. The fourth-order valence-electron chi connectivity index (χ4n) is 4.06. The predicted octanol–water partition coefficient (Wildman–Crippen LogP) is 2.08.